The molecule has 0 fully saturated rings. The first-order chi connectivity index (χ1) is 11.1. The normalized spacial score (nSPS) is 16.7. The van der Waals surface area contributed by atoms with Crippen LogP contribution in [0.5, 0.6) is 0 Å². The van der Waals surface area contributed by atoms with E-state index in [0.29, 0.717) is 0 Å². The van der Waals surface area contributed by atoms with Crippen LogP contribution in [0.15, 0.2) is 16.9 Å². The summed E-state index contributed by atoms with van der Waals surface area (Å²) in [6.45, 7) is 2.07. The van der Waals surface area contributed by atoms with E-state index in [9.17, 15) is 9.59 Å². The van der Waals surface area contributed by atoms with E-state index in [2.05, 4.69) is 26.9 Å². The highest BCUT2D eigenvalue weighted by Gasteiger charge is 2.32. The van der Waals surface area contributed by atoms with Crippen molar-refractivity contribution in [2.24, 2.45) is 0 Å². The van der Waals surface area contributed by atoms with E-state index >= 15 is 0 Å². The molecule has 1 N–H and O–H groups in total. The predicted molar refractivity (Wildman–Crippen MR) is 85.1 cm³/mol. The summed E-state index contributed by atoms with van der Waals surface area (Å²) in [6, 6.07) is 1.40. The molecule has 1 atom stereocenters. The Bertz CT molecular complexity index is 710. The van der Waals surface area contributed by atoms with Crippen molar-refractivity contribution < 1.29 is 14.1 Å². The van der Waals surface area contributed by atoms with Crippen molar-refractivity contribution in [2.75, 3.05) is 12.4 Å². The summed E-state index contributed by atoms with van der Waals surface area (Å²) in [4.78, 5) is 31.7. The predicted octanol–water partition coefficient (Wildman–Crippen LogP) is 2.17. The number of carbonyl (C=O) groups is 2. The number of rotatable bonds is 3. The van der Waals surface area contributed by atoms with E-state index in [1.165, 1.54) is 17.2 Å². The summed E-state index contributed by atoms with van der Waals surface area (Å²) >= 11 is 1.64. The summed E-state index contributed by atoms with van der Waals surface area (Å²) in [5, 5.41) is 7.09. The molecular weight excluding hydrogens is 316 g/mol. The Morgan fingerprint density at radius 2 is 2.35 bits per heavy atom. The number of hydrogen-bond acceptors (Lipinski definition) is 6. The molecule has 0 aromatic carbocycles. The molecule has 7 nitrogen and oxygen atoms in total. The number of hydrogen-bond donors (Lipinski definition) is 1. The Kier molecular flexibility index (Phi) is 4.42. The zero-order valence-corrected chi connectivity index (χ0v) is 13.9. The molecule has 2 amide bonds. The number of nitrogens with zero attached hydrogens (tertiary/aromatic N) is 3. The summed E-state index contributed by atoms with van der Waals surface area (Å²) in [5.41, 5.74) is 1.07. The van der Waals surface area contributed by atoms with Crippen LogP contribution in [0, 0.1) is 0 Å². The number of nitrogens with one attached hydrogen (secondary N) is 1. The molecule has 2 heterocycles. The zero-order valence-electron chi connectivity index (χ0n) is 13.0. The van der Waals surface area contributed by atoms with Crippen LogP contribution in [-0.2, 0) is 22.4 Å². The number of thiazole rings is 1. The molecular formula is C15H18N4O3S. The summed E-state index contributed by atoms with van der Waals surface area (Å²) in [6.07, 6.45) is 4.97. The third kappa shape index (κ3) is 3.12. The highest BCUT2D eigenvalue weighted by Crippen LogP contribution is 2.37. The average molecular weight is 334 g/mol. The standard InChI is InChI=1S/C15H18N4O3S/c1-3-12-16-9-5-4-6-10(13(9)23-12)19(2)15(21)14(20)17-11-7-8-22-18-11/h7-8,10H,3-6H2,1-2H3,(H,17,18,20). The molecule has 0 radical (unpaired) electrons. The molecule has 0 saturated heterocycles. The SMILES string of the molecule is CCc1nc2c(s1)C(N(C)C(=O)C(=O)Nc1ccon1)CCC2. The fraction of sp³-hybridized carbons (Fsp3) is 0.467. The monoisotopic (exact) mass is 334 g/mol. The molecule has 0 saturated carbocycles. The maximum atomic E-state index is 12.4. The van der Waals surface area contributed by atoms with Crippen LogP contribution in [0.1, 0.15) is 41.4 Å². The minimum Gasteiger partial charge on any atom is -0.363 e. The lowest BCUT2D eigenvalue weighted by Crippen LogP contribution is -2.40. The fourth-order valence-electron chi connectivity index (χ4n) is 2.72. The van der Waals surface area contributed by atoms with Crippen molar-refractivity contribution in [1.29, 1.82) is 0 Å². The van der Waals surface area contributed by atoms with Gasteiger partial charge in [0, 0.05) is 13.1 Å². The fourth-order valence-corrected chi connectivity index (χ4v) is 3.95. The number of aryl methyl sites for hydroxylation is 2. The van der Waals surface area contributed by atoms with E-state index in [1.807, 2.05) is 0 Å². The van der Waals surface area contributed by atoms with Gasteiger partial charge in [0.15, 0.2) is 5.82 Å². The molecule has 122 valence electrons. The number of likely N-dealkylation sites (N-methyl/N-ethyl adjacent to an activating group) is 1. The minimum absolute atomic E-state index is 0.0906. The van der Waals surface area contributed by atoms with E-state index in [-0.39, 0.29) is 11.9 Å². The first-order valence-electron chi connectivity index (χ1n) is 7.57. The first kappa shape index (κ1) is 15.7. The van der Waals surface area contributed by atoms with E-state index in [0.717, 1.165) is 41.3 Å². The maximum Gasteiger partial charge on any atom is 0.315 e. The van der Waals surface area contributed by atoms with Gasteiger partial charge in [-0.05, 0) is 25.7 Å². The van der Waals surface area contributed by atoms with Gasteiger partial charge in [0.05, 0.1) is 21.6 Å². The average Bonchev–Trinajstić information content (AvgIpc) is 3.21. The van der Waals surface area contributed by atoms with Crippen LogP contribution in [0.3, 0.4) is 0 Å². The molecule has 0 bridgehead atoms. The molecule has 3 rings (SSSR count). The maximum absolute atomic E-state index is 12.4. The van der Waals surface area contributed by atoms with Crippen molar-refractivity contribution in [3.05, 3.63) is 27.9 Å². The minimum atomic E-state index is -0.714. The van der Waals surface area contributed by atoms with Gasteiger partial charge in [0.1, 0.15) is 6.26 Å². The molecule has 1 unspecified atom stereocenters. The number of anilines is 1. The highest BCUT2D eigenvalue weighted by atomic mass is 32.1. The van der Waals surface area contributed by atoms with Crippen LogP contribution >= 0.6 is 11.3 Å². The number of fused-ring (bicyclic) bond motifs is 1. The smallest absolute Gasteiger partial charge is 0.315 e. The topological polar surface area (TPSA) is 88.3 Å². The summed E-state index contributed by atoms with van der Waals surface area (Å²) in [7, 11) is 1.66. The molecule has 0 spiro atoms. The van der Waals surface area contributed by atoms with Gasteiger partial charge in [-0.2, -0.15) is 0 Å². The second-order valence-corrected chi connectivity index (χ2v) is 6.55. The van der Waals surface area contributed by atoms with E-state index < -0.39 is 11.8 Å². The Morgan fingerprint density at radius 3 is 3.04 bits per heavy atom. The summed E-state index contributed by atoms with van der Waals surface area (Å²) in [5.74, 6) is -1.07. The molecule has 0 aliphatic heterocycles. The van der Waals surface area contributed by atoms with E-state index in [4.69, 9.17) is 0 Å². The largest absolute Gasteiger partial charge is 0.363 e. The Balaban J connectivity index is 1.75. The quantitative estimate of drug-likeness (QED) is 0.869. The lowest BCUT2D eigenvalue weighted by molar-refractivity contribution is -0.143. The van der Waals surface area contributed by atoms with Gasteiger partial charge < -0.3 is 9.42 Å². The van der Waals surface area contributed by atoms with Crippen molar-refractivity contribution in [3.63, 3.8) is 0 Å². The zero-order chi connectivity index (χ0) is 16.4. The summed E-state index contributed by atoms with van der Waals surface area (Å²) < 4.78 is 4.64. The van der Waals surface area contributed by atoms with Gasteiger partial charge in [-0.1, -0.05) is 12.1 Å². The molecule has 1 aliphatic carbocycles. The van der Waals surface area contributed by atoms with Gasteiger partial charge in [0.2, 0.25) is 0 Å². The second-order valence-electron chi connectivity index (χ2n) is 5.43. The van der Waals surface area contributed by atoms with Crippen LogP contribution in [-0.4, -0.2) is 33.9 Å². The van der Waals surface area contributed by atoms with Crippen molar-refractivity contribution in [2.45, 2.75) is 38.6 Å². The van der Waals surface area contributed by atoms with Gasteiger partial charge in [0.25, 0.3) is 0 Å². The van der Waals surface area contributed by atoms with E-state index in [1.54, 1.807) is 18.4 Å². The number of amides is 2. The van der Waals surface area contributed by atoms with Crippen LogP contribution in [0.25, 0.3) is 0 Å². The van der Waals surface area contributed by atoms with Gasteiger partial charge in [-0.15, -0.1) is 11.3 Å². The number of aromatic nitrogens is 2. The Morgan fingerprint density at radius 1 is 1.52 bits per heavy atom. The van der Waals surface area contributed by atoms with Crippen LogP contribution in [0.2, 0.25) is 0 Å². The molecule has 1 aliphatic rings. The molecule has 2 aromatic heterocycles. The molecule has 23 heavy (non-hydrogen) atoms. The highest BCUT2D eigenvalue weighted by molar-refractivity contribution is 7.11. The lowest BCUT2D eigenvalue weighted by atomic mass is 9.97. The molecule has 2 aromatic rings. The van der Waals surface area contributed by atoms with Crippen molar-refractivity contribution in [1.82, 2.24) is 15.0 Å². The van der Waals surface area contributed by atoms with Gasteiger partial charge in [-0.3, -0.25) is 14.9 Å². The van der Waals surface area contributed by atoms with Crippen LogP contribution < -0.4 is 5.32 Å². The Labute approximate surface area is 137 Å². The van der Waals surface area contributed by atoms with Crippen molar-refractivity contribution in [3.8, 4) is 0 Å². The number of carbonyl (C=O) groups excluding carboxylic acids is 2. The van der Waals surface area contributed by atoms with Crippen molar-refractivity contribution >= 4 is 29.0 Å². The third-order valence-corrected chi connectivity index (χ3v) is 5.27. The molecule has 8 heteroatoms. The third-order valence-electron chi connectivity index (χ3n) is 3.93. The second kappa shape index (κ2) is 6.49. The Hall–Kier alpha value is -2.22. The first-order valence-corrected chi connectivity index (χ1v) is 8.38. The van der Waals surface area contributed by atoms with Gasteiger partial charge in [-0.25, -0.2) is 4.98 Å². The lowest BCUT2D eigenvalue weighted by Gasteiger charge is -2.30. The van der Waals surface area contributed by atoms with Crippen LogP contribution in [0.4, 0.5) is 5.82 Å². The van der Waals surface area contributed by atoms with Gasteiger partial charge >= 0.3 is 11.8 Å².